The zero-order valence-electron chi connectivity index (χ0n) is 21.4. The molecule has 0 saturated heterocycles. The maximum absolute atomic E-state index is 13.0. The molecule has 2 atom stereocenters. The van der Waals surface area contributed by atoms with Gasteiger partial charge < -0.3 is 14.7 Å². The van der Waals surface area contributed by atoms with E-state index in [2.05, 4.69) is 76.0 Å². The third kappa shape index (κ3) is 5.08. The molecule has 0 spiro atoms. The summed E-state index contributed by atoms with van der Waals surface area (Å²) in [7, 11) is 5.74. The third-order valence-corrected chi connectivity index (χ3v) is 7.75. The Morgan fingerprint density at radius 1 is 0.892 bits per heavy atom. The number of rotatable bonds is 8. The van der Waals surface area contributed by atoms with Gasteiger partial charge in [0.25, 0.3) is 0 Å². The summed E-state index contributed by atoms with van der Waals surface area (Å²) < 4.78 is 7.03. The summed E-state index contributed by atoms with van der Waals surface area (Å²) in [6.07, 6.45) is 0.529. The van der Waals surface area contributed by atoms with Crippen LogP contribution in [0.3, 0.4) is 0 Å². The van der Waals surface area contributed by atoms with Crippen molar-refractivity contribution < 1.29 is 9.84 Å². The standard InChI is InChI=1S/C32H31IN2O2/c1-35(2)19-18-32(36,28-15-9-13-22-10-7-8-14-26(22)28)30(23-11-5-4-6-12-23)27-21-24-20-25(33)16-17-29(24)34-31(27)37-3/h4-17,20-21,30,36H,18-19H2,1-3H3/t30-,32-/m1/s1. The molecule has 0 radical (unpaired) electrons. The van der Waals surface area contributed by atoms with Crippen molar-refractivity contribution in [3.05, 3.63) is 117 Å². The highest BCUT2D eigenvalue weighted by molar-refractivity contribution is 14.1. The van der Waals surface area contributed by atoms with Gasteiger partial charge in [0, 0.05) is 27.0 Å². The molecule has 188 valence electrons. The first-order valence-corrected chi connectivity index (χ1v) is 13.5. The van der Waals surface area contributed by atoms with E-state index in [1.165, 1.54) is 0 Å². The van der Waals surface area contributed by atoms with Crippen molar-refractivity contribution in [2.75, 3.05) is 27.7 Å². The van der Waals surface area contributed by atoms with Crippen LogP contribution in [0.2, 0.25) is 0 Å². The number of methoxy groups -OCH3 is 1. The van der Waals surface area contributed by atoms with Crippen LogP contribution < -0.4 is 4.74 Å². The lowest BCUT2D eigenvalue weighted by Gasteiger charge is -2.39. The molecule has 0 aliphatic heterocycles. The summed E-state index contributed by atoms with van der Waals surface area (Å²) in [6.45, 7) is 0.713. The Kier molecular flexibility index (Phi) is 7.47. The van der Waals surface area contributed by atoms with Gasteiger partial charge in [-0.05, 0) is 89.3 Å². The number of pyridine rings is 1. The summed E-state index contributed by atoms with van der Waals surface area (Å²) in [6, 6.07) is 33.1. The van der Waals surface area contributed by atoms with Gasteiger partial charge in [0.1, 0.15) is 5.60 Å². The average molecular weight is 603 g/mol. The van der Waals surface area contributed by atoms with Crippen LogP contribution in [0.5, 0.6) is 5.88 Å². The fraction of sp³-hybridized carbons (Fsp3) is 0.219. The van der Waals surface area contributed by atoms with E-state index in [1.807, 2.05) is 62.6 Å². The Bertz CT molecular complexity index is 1530. The fourth-order valence-electron chi connectivity index (χ4n) is 5.31. The van der Waals surface area contributed by atoms with E-state index in [0.717, 1.165) is 41.9 Å². The highest BCUT2D eigenvalue weighted by atomic mass is 127. The van der Waals surface area contributed by atoms with Gasteiger partial charge in [-0.2, -0.15) is 0 Å². The normalized spacial score (nSPS) is 14.1. The van der Waals surface area contributed by atoms with E-state index < -0.39 is 11.5 Å². The average Bonchev–Trinajstić information content (AvgIpc) is 2.92. The van der Waals surface area contributed by atoms with E-state index in [1.54, 1.807) is 7.11 Å². The minimum absolute atomic E-state index is 0.413. The van der Waals surface area contributed by atoms with Crippen LogP contribution in [0, 0.1) is 3.57 Å². The van der Waals surface area contributed by atoms with Crippen molar-refractivity contribution in [3.8, 4) is 5.88 Å². The number of fused-ring (bicyclic) bond motifs is 2. The number of benzene rings is 4. The molecular formula is C32H31IN2O2. The molecule has 5 heteroatoms. The summed E-state index contributed by atoms with van der Waals surface area (Å²) in [5, 5.41) is 16.2. The number of hydrogen-bond donors (Lipinski definition) is 1. The third-order valence-electron chi connectivity index (χ3n) is 7.08. The van der Waals surface area contributed by atoms with Crippen LogP contribution in [-0.4, -0.2) is 42.7 Å². The fourth-order valence-corrected chi connectivity index (χ4v) is 5.82. The van der Waals surface area contributed by atoms with E-state index in [9.17, 15) is 5.11 Å². The van der Waals surface area contributed by atoms with Crippen LogP contribution >= 0.6 is 22.6 Å². The van der Waals surface area contributed by atoms with Gasteiger partial charge in [-0.25, -0.2) is 4.98 Å². The predicted octanol–water partition coefficient (Wildman–Crippen LogP) is 6.97. The van der Waals surface area contributed by atoms with Crippen LogP contribution in [0.1, 0.15) is 29.0 Å². The van der Waals surface area contributed by atoms with Gasteiger partial charge in [0.15, 0.2) is 0 Å². The zero-order chi connectivity index (χ0) is 26.0. The number of ether oxygens (including phenoxy) is 1. The minimum Gasteiger partial charge on any atom is -0.481 e. The summed E-state index contributed by atoms with van der Waals surface area (Å²) in [5.41, 5.74) is 2.43. The molecule has 4 aromatic carbocycles. The molecular weight excluding hydrogens is 571 g/mol. The lowest BCUT2D eigenvalue weighted by molar-refractivity contribution is 0.00520. The van der Waals surface area contributed by atoms with Crippen molar-refractivity contribution >= 4 is 44.3 Å². The van der Waals surface area contributed by atoms with Crippen molar-refractivity contribution in [2.24, 2.45) is 0 Å². The van der Waals surface area contributed by atoms with Crippen LogP contribution in [-0.2, 0) is 5.60 Å². The van der Waals surface area contributed by atoms with Crippen LogP contribution in [0.15, 0.2) is 97.1 Å². The molecule has 1 N–H and O–H groups in total. The molecule has 5 rings (SSSR count). The molecule has 37 heavy (non-hydrogen) atoms. The predicted molar refractivity (Wildman–Crippen MR) is 160 cm³/mol. The van der Waals surface area contributed by atoms with Crippen molar-refractivity contribution in [3.63, 3.8) is 0 Å². The van der Waals surface area contributed by atoms with Gasteiger partial charge in [0.2, 0.25) is 5.88 Å². The topological polar surface area (TPSA) is 45.6 Å². The molecule has 0 aliphatic rings. The highest BCUT2D eigenvalue weighted by Crippen LogP contribution is 2.48. The molecule has 0 fully saturated rings. The molecule has 5 aromatic rings. The first kappa shape index (κ1) is 25.6. The molecule has 0 unspecified atom stereocenters. The van der Waals surface area contributed by atoms with Gasteiger partial charge in [-0.3, -0.25) is 0 Å². The van der Waals surface area contributed by atoms with Gasteiger partial charge in [-0.1, -0.05) is 72.8 Å². The molecule has 0 amide bonds. The van der Waals surface area contributed by atoms with Gasteiger partial charge in [-0.15, -0.1) is 0 Å². The van der Waals surface area contributed by atoms with Crippen molar-refractivity contribution in [1.82, 2.24) is 9.88 Å². The summed E-state index contributed by atoms with van der Waals surface area (Å²) in [5.74, 6) is 0.121. The maximum atomic E-state index is 13.0. The largest absolute Gasteiger partial charge is 0.481 e. The quantitative estimate of drug-likeness (QED) is 0.195. The summed E-state index contributed by atoms with van der Waals surface area (Å²) >= 11 is 2.33. The Morgan fingerprint density at radius 2 is 1.62 bits per heavy atom. The number of nitrogens with zero attached hydrogens (tertiary/aromatic N) is 2. The monoisotopic (exact) mass is 602 g/mol. The number of aliphatic hydroxyl groups is 1. The Morgan fingerprint density at radius 3 is 2.38 bits per heavy atom. The molecule has 0 aliphatic carbocycles. The second kappa shape index (κ2) is 10.8. The smallest absolute Gasteiger partial charge is 0.217 e. The van der Waals surface area contributed by atoms with Crippen molar-refractivity contribution in [1.29, 1.82) is 0 Å². The lowest BCUT2D eigenvalue weighted by atomic mass is 9.70. The van der Waals surface area contributed by atoms with E-state index in [4.69, 9.17) is 9.72 Å². The molecule has 0 bridgehead atoms. The Hall–Kier alpha value is -3.00. The number of aromatic nitrogens is 1. The Labute approximate surface area is 232 Å². The molecule has 1 aromatic heterocycles. The molecule has 1 heterocycles. The van der Waals surface area contributed by atoms with E-state index in [0.29, 0.717) is 18.8 Å². The maximum Gasteiger partial charge on any atom is 0.217 e. The van der Waals surface area contributed by atoms with Crippen molar-refractivity contribution in [2.45, 2.75) is 17.9 Å². The zero-order valence-corrected chi connectivity index (χ0v) is 23.5. The SMILES string of the molecule is COc1nc2ccc(I)cc2cc1[C@@H](c1ccccc1)[C@@](O)(CCN(C)C)c1cccc2ccccc12. The van der Waals surface area contributed by atoms with Gasteiger partial charge in [0.05, 0.1) is 12.6 Å². The van der Waals surface area contributed by atoms with Gasteiger partial charge >= 0.3 is 0 Å². The highest BCUT2D eigenvalue weighted by Gasteiger charge is 2.43. The second-order valence-electron chi connectivity index (χ2n) is 9.77. The summed E-state index contributed by atoms with van der Waals surface area (Å²) in [4.78, 5) is 7.02. The first-order chi connectivity index (χ1) is 17.9. The number of hydrogen-bond acceptors (Lipinski definition) is 4. The van der Waals surface area contributed by atoms with Crippen LogP contribution in [0.25, 0.3) is 21.7 Å². The molecule has 4 nitrogen and oxygen atoms in total. The molecule has 0 saturated carbocycles. The first-order valence-electron chi connectivity index (χ1n) is 12.4. The minimum atomic E-state index is -1.24. The van der Waals surface area contributed by atoms with Crippen LogP contribution in [0.4, 0.5) is 0 Å². The van der Waals surface area contributed by atoms with E-state index >= 15 is 0 Å². The number of halogens is 1. The Balaban J connectivity index is 1.84. The lowest BCUT2D eigenvalue weighted by Crippen LogP contribution is -2.38. The van der Waals surface area contributed by atoms with E-state index in [-0.39, 0.29) is 0 Å². The second-order valence-corrected chi connectivity index (χ2v) is 11.0.